The Morgan fingerprint density at radius 2 is 1.83 bits per heavy atom. The lowest BCUT2D eigenvalue weighted by atomic mass is 10.1. The standard InChI is InChI=1S/C18H16N2O3/c1-12(21)20-14-6-8-15(9-7-14)23-18(22)10-13-11-19-17-5-3-2-4-16(13)17/h2-9,11,19H,10H2,1H3,(H,20,21). The molecule has 0 unspecified atom stereocenters. The van der Waals surface area contributed by atoms with E-state index in [-0.39, 0.29) is 18.3 Å². The van der Waals surface area contributed by atoms with Gasteiger partial charge in [0.1, 0.15) is 5.75 Å². The molecule has 116 valence electrons. The van der Waals surface area contributed by atoms with Gasteiger partial charge in [-0.05, 0) is 35.9 Å². The number of carbonyl (C=O) groups is 2. The van der Waals surface area contributed by atoms with E-state index in [1.165, 1.54) is 6.92 Å². The van der Waals surface area contributed by atoms with Crippen LogP contribution in [0.2, 0.25) is 0 Å². The van der Waals surface area contributed by atoms with Crippen LogP contribution >= 0.6 is 0 Å². The van der Waals surface area contributed by atoms with Gasteiger partial charge in [-0.25, -0.2) is 0 Å². The third kappa shape index (κ3) is 3.58. The molecule has 5 nitrogen and oxygen atoms in total. The number of ether oxygens (including phenoxy) is 1. The largest absolute Gasteiger partial charge is 0.426 e. The zero-order chi connectivity index (χ0) is 16.2. The summed E-state index contributed by atoms with van der Waals surface area (Å²) in [5.74, 6) is -0.0277. The summed E-state index contributed by atoms with van der Waals surface area (Å²) in [6, 6.07) is 14.5. The third-order valence-corrected chi connectivity index (χ3v) is 3.42. The summed E-state index contributed by atoms with van der Waals surface area (Å²) in [6.45, 7) is 1.44. The highest BCUT2D eigenvalue weighted by Crippen LogP contribution is 2.20. The molecule has 0 bridgehead atoms. The number of H-pyrrole nitrogens is 1. The van der Waals surface area contributed by atoms with Gasteiger partial charge in [0.15, 0.2) is 0 Å². The molecule has 0 fully saturated rings. The summed E-state index contributed by atoms with van der Waals surface area (Å²) in [7, 11) is 0. The molecular weight excluding hydrogens is 292 g/mol. The molecule has 2 N–H and O–H groups in total. The number of para-hydroxylation sites is 1. The quantitative estimate of drug-likeness (QED) is 0.574. The minimum Gasteiger partial charge on any atom is -0.426 e. The van der Waals surface area contributed by atoms with Crippen molar-refractivity contribution in [2.45, 2.75) is 13.3 Å². The van der Waals surface area contributed by atoms with E-state index in [0.29, 0.717) is 11.4 Å². The topological polar surface area (TPSA) is 71.2 Å². The number of amides is 1. The van der Waals surface area contributed by atoms with Crippen LogP contribution in [-0.2, 0) is 16.0 Å². The highest BCUT2D eigenvalue weighted by atomic mass is 16.5. The molecule has 5 heteroatoms. The minimum absolute atomic E-state index is 0.144. The van der Waals surface area contributed by atoms with E-state index in [0.717, 1.165) is 16.5 Å². The molecule has 0 aliphatic rings. The number of hydrogen-bond acceptors (Lipinski definition) is 3. The summed E-state index contributed by atoms with van der Waals surface area (Å²) in [6.07, 6.45) is 2.02. The molecule has 1 aromatic heterocycles. The third-order valence-electron chi connectivity index (χ3n) is 3.42. The monoisotopic (exact) mass is 308 g/mol. The Kier molecular flexibility index (Phi) is 4.10. The van der Waals surface area contributed by atoms with E-state index in [1.54, 1.807) is 24.3 Å². The number of esters is 1. The van der Waals surface area contributed by atoms with E-state index < -0.39 is 0 Å². The molecule has 0 radical (unpaired) electrons. The van der Waals surface area contributed by atoms with Gasteiger partial charge in [0.05, 0.1) is 6.42 Å². The van der Waals surface area contributed by atoms with Gasteiger partial charge < -0.3 is 15.0 Å². The molecule has 0 spiro atoms. The Labute approximate surface area is 133 Å². The van der Waals surface area contributed by atoms with Crippen LogP contribution in [0.15, 0.2) is 54.7 Å². The molecule has 3 aromatic rings. The maximum absolute atomic E-state index is 12.1. The van der Waals surface area contributed by atoms with Crippen molar-refractivity contribution >= 4 is 28.5 Å². The van der Waals surface area contributed by atoms with Crippen molar-refractivity contribution in [2.24, 2.45) is 0 Å². The summed E-state index contributed by atoms with van der Waals surface area (Å²) in [4.78, 5) is 26.2. The number of benzene rings is 2. The Balaban J connectivity index is 1.66. The number of anilines is 1. The van der Waals surface area contributed by atoms with Crippen LogP contribution in [0, 0.1) is 0 Å². The zero-order valence-corrected chi connectivity index (χ0v) is 12.6. The van der Waals surface area contributed by atoms with E-state index in [1.807, 2.05) is 30.5 Å². The van der Waals surface area contributed by atoms with E-state index >= 15 is 0 Å². The number of hydrogen-bond donors (Lipinski definition) is 2. The molecule has 1 heterocycles. The van der Waals surface area contributed by atoms with Gasteiger partial charge in [-0.1, -0.05) is 18.2 Å². The molecular formula is C18H16N2O3. The van der Waals surface area contributed by atoms with E-state index in [9.17, 15) is 9.59 Å². The number of rotatable bonds is 4. The first-order chi connectivity index (χ1) is 11.1. The fourth-order valence-electron chi connectivity index (χ4n) is 2.41. The Morgan fingerprint density at radius 3 is 2.57 bits per heavy atom. The SMILES string of the molecule is CC(=O)Nc1ccc(OC(=O)Cc2c[nH]c3ccccc23)cc1. The van der Waals surface area contributed by atoms with E-state index in [4.69, 9.17) is 4.74 Å². The van der Waals surface area contributed by atoms with E-state index in [2.05, 4.69) is 10.3 Å². The molecule has 1 amide bonds. The van der Waals surface area contributed by atoms with Gasteiger partial charge in [-0.3, -0.25) is 9.59 Å². The first kappa shape index (κ1) is 14.8. The summed E-state index contributed by atoms with van der Waals surface area (Å²) >= 11 is 0. The Morgan fingerprint density at radius 1 is 1.09 bits per heavy atom. The average Bonchev–Trinajstić information content (AvgIpc) is 2.92. The fraction of sp³-hybridized carbons (Fsp3) is 0.111. The van der Waals surface area contributed by atoms with Crippen LogP contribution in [-0.4, -0.2) is 16.9 Å². The predicted octanol–water partition coefficient (Wildman–Crippen LogP) is 3.27. The number of aromatic amines is 1. The second-order valence-corrected chi connectivity index (χ2v) is 5.22. The molecule has 3 rings (SSSR count). The van der Waals surface area contributed by atoms with Gasteiger partial charge in [-0.15, -0.1) is 0 Å². The van der Waals surface area contributed by atoms with Crippen molar-refractivity contribution in [1.82, 2.24) is 4.98 Å². The van der Waals surface area contributed by atoms with Crippen molar-refractivity contribution in [3.8, 4) is 5.75 Å². The molecule has 0 aliphatic carbocycles. The lowest BCUT2D eigenvalue weighted by molar-refractivity contribution is -0.133. The predicted molar refractivity (Wildman–Crippen MR) is 88.4 cm³/mol. The second kappa shape index (κ2) is 6.36. The molecule has 0 aliphatic heterocycles. The van der Waals surface area contributed by atoms with Crippen molar-refractivity contribution in [1.29, 1.82) is 0 Å². The van der Waals surface area contributed by atoms with Crippen LogP contribution < -0.4 is 10.1 Å². The Bertz CT molecular complexity index is 850. The smallest absolute Gasteiger partial charge is 0.315 e. The van der Waals surface area contributed by atoms with Crippen LogP contribution in [0.4, 0.5) is 5.69 Å². The number of nitrogens with one attached hydrogen (secondary N) is 2. The Hall–Kier alpha value is -3.08. The van der Waals surface area contributed by atoms with Gasteiger partial charge in [0.25, 0.3) is 0 Å². The first-order valence-corrected chi connectivity index (χ1v) is 7.25. The maximum Gasteiger partial charge on any atom is 0.315 e. The summed E-state index contributed by atoms with van der Waals surface area (Å²) in [5, 5.41) is 3.68. The molecule has 23 heavy (non-hydrogen) atoms. The van der Waals surface area contributed by atoms with Crippen molar-refractivity contribution in [3.63, 3.8) is 0 Å². The lowest BCUT2D eigenvalue weighted by Crippen LogP contribution is -2.11. The minimum atomic E-state index is -0.331. The molecule has 2 aromatic carbocycles. The van der Waals surface area contributed by atoms with Crippen LogP contribution in [0.1, 0.15) is 12.5 Å². The zero-order valence-electron chi connectivity index (χ0n) is 12.6. The van der Waals surface area contributed by atoms with Gasteiger partial charge in [-0.2, -0.15) is 0 Å². The van der Waals surface area contributed by atoms with Crippen molar-refractivity contribution < 1.29 is 14.3 Å². The summed E-state index contributed by atoms with van der Waals surface area (Å²) < 4.78 is 5.33. The van der Waals surface area contributed by atoms with Crippen LogP contribution in [0.3, 0.4) is 0 Å². The molecule has 0 atom stereocenters. The first-order valence-electron chi connectivity index (χ1n) is 7.25. The second-order valence-electron chi connectivity index (χ2n) is 5.22. The molecule has 0 saturated carbocycles. The van der Waals surface area contributed by atoms with Gasteiger partial charge >= 0.3 is 5.97 Å². The van der Waals surface area contributed by atoms with Crippen molar-refractivity contribution in [3.05, 3.63) is 60.3 Å². The average molecular weight is 308 g/mol. The van der Waals surface area contributed by atoms with Crippen LogP contribution in [0.25, 0.3) is 10.9 Å². The molecule has 0 saturated heterocycles. The highest BCUT2D eigenvalue weighted by Gasteiger charge is 2.10. The number of carbonyl (C=O) groups excluding carboxylic acids is 2. The van der Waals surface area contributed by atoms with Crippen molar-refractivity contribution in [2.75, 3.05) is 5.32 Å². The maximum atomic E-state index is 12.1. The number of fused-ring (bicyclic) bond motifs is 1. The normalized spacial score (nSPS) is 10.5. The fourth-order valence-corrected chi connectivity index (χ4v) is 2.41. The number of aromatic nitrogens is 1. The van der Waals surface area contributed by atoms with Crippen LogP contribution in [0.5, 0.6) is 5.75 Å². The highest BCUT2D eigenvalue weighted by molar-refractivity contribution is 5.89. The van der Waals surface area contributed by atoms with Gasteiger partial charge in [0.2, 0.25) is 5.91 Å². The van der Waals surface area contributed by atoms with Gasteiger partial charge in [0, 0.05) is 29.7 Å². The summed E-state index contributed by atoms with van der Waals surface area (Å²) in [5.41, 5.74) is 2.56. The lowest BCUT2D eigenvalue weighted by Gasteiger charge is -2.06.